The Hall–Kier alpha value is -1.72. The van der Waals surface area contributed by atoms with Crippen molar-refractivity contribution < 1.29 is 9.63 Å². The summed E-state index contributed by atoms with van der Waals surface area (Å²) in [6.45, 7) is 5.88. The third-order valence-electron chi connectivity index (χ3n) is 3.49. The van der Waals surface area contributed by atoms with Crippen molar-refractivity contribution in [3.63, 3.8) is 0 Å². The van der Waals surface area contributed by atoms with Gasteiger partial charge in [0.1, 0.15) is 0 Å². The molecule has 0 aliphatic carbocycles. The molecule has 108 valence electrons. The Bertz CT molecular complexity index is 562. The Morgan fingerprint density at radius 3 is 2.45 bits per heavy atom. The van der Waals surface area contributed by atoms with Crippen molar-refractivity contribution in [3.8, 4) is 0 Å². The number of benzene rings is 1. The van der Waals surface area contributed by atoms with Crippen LogP contribution in [0.1, 0.15) is 38.0 Å². The minimum atomic E-state index is -1.03. The van der Waals surface area contributed by atoms with Gasteiger partial charge in [0.05, 0.1) is 17.4 Å². The molecule has 3 N–H and O–H groups in total. The summed E-state index contributed by atoms with van der Waals surface area (Å²) in [5, 5.41) is 14.0. The lowest BCUT2D eigenvalue weighted by molar-refractivity contribution is 0.0610. The quantitative estimate of drug-likeness (QED) is 0.866. The van der Waals surface area contributed by atoms with Crippen LogP contribution in [0.5, 0.6) is 0 Å². The van der Waals surface area contributed by atoms with E-state index < -0.39 is 5.60 Å². The molecule has 0 radical (unpaired) electrons. The molecule has 2 aromatic rings. The van der Waals surface area contributed by atoms with E-state index in [-0.39, 0.29) is 18.4 Å². The van der Waals surface area contributed by atoms with Crippen LogP contribution in [-0.2, 0) is 11.8 Å². The number of aromatic nitrogens is 2. The van der Waals surface area contributed by atoms with Gasteiger partial charge in [-0.25, -0.2) is 0 Å². The molecule has 1 aromatic heterocycles. The van der Waals surface area contributed by atoms with Crippen LogP contribution in [0.3, 0.4) is 0 Å². The zero-order chi connectivity index (χ0) is 14.8. The molecule has 5 heteroatoms. The lowest BCUT2D eigenvalue weighted by Gasteiger charge is -2.21. The van der Waals surface area contributed by atoms with E-state index in [1.54, 1.807) is 6.92 Å². The lowest BCUT2D eigenvalue weighted by Crippen LogP contribution is -2.36. The van der Waals surface area contributed by atoms with E-state index in [0.29, 0.717) is 11.7 Å². The average molecular weight is 275 g/mol. The molecule has 0 spiro atoms. The molecule has 20 heavy (non-hydrogen) atoms. The van der Waals surface area contributed by atoms with E-state index in [9.17, 15) is 5.11 Å². The zero-order valence-corrected chi connectivity index (χ0v) is 12.1. The third kappa shape index (κ3) is 3.05. The number of aliphatic hydroxyl groups is 1. The second-order valence-corrected chi connectivity index (χ2v) is 5.88. The van der Waals surface area contributed by atoms with Gasteiger partial charge in [-0.3, -0.25) is 0 Å². The van der Waals surface area contributed by atoms with Gasteiger partial charge in [-0.05, 0) is 26.3 Å². The number of hydrogen-bond acceptors (Lipinski definition) is 5. The Balaban J connectivity index is 2.24. The summed E-state index contributed by atoms with van der Waals surface area (Å²) < 4.78 is 5.23. The number of nitrogens with two attached hydrogens (primary N) is 1. The van der Waals surface area contributed by atoms with Gasteiger partial charge in [-0.1, -0.05) is 35.5 Å². The van der Waals surface area contributed by atoms with Gasteiger partial charge >= 0.3 is 0 Å². The molecule has 0 aliphatic rings. The third-order valence-corrected chi connectivity index (χ3v) is 3.49. The lowest BCUT2D eigenvalue weighted by atomic mass is 9.84. The molecule has 1 unspecified atom stereocenters. The summed E-state index contributed by atoms with van der Waals surface area (Å²) >= 11 is 0. The molecule has 1 aromatic carbocycles. The molecule has 1 heterocycles. The highest BCUT2D eigenvalue weighted by Crippen LogP contribution is 2.29. The molecule has 0 fully saturated rings. The summed E-state index contributed by atoms with van der Waals surface area (Å²) in [5.74, 6) is 1.01. The van der Waals surface area contributed by atoms with Gasteiger partial charge in [0.25, 0.3) is 0 Å². The van der Waals surface area contributed by atoms with Crippen LogP contribution in [0.25, 0.3) is 0 Å². The first kappa shape index (κ1) is 14.7. The zero-order valence-electron chi connectivity index (χ0n) is 12.1. The first-order valence-corrected chi connectivity index (χ1v) is 6.66. The Morgan fingerprint density at radius 1 is 1.20 bits per heavy atom. The maximum absolute atomic E-state index is 9.95. The normalized spacial score (nSPS) is 15.1. The van der Waals surface area contributed by atoms with Gasteiger partial charge in [-0.2, -0.15) is 4.98 Å². The van der Waals surface area contributed by atoms with Crippen LogP contribution in [0.15, 0.2) is 34.9 Å². The molecule has 2 rings (SSSR count). The fraction of sp³-hybridized carbons (Fsp3) is 0.467. The van der Waals surface area contributed by atoms with E-state index >= 15 is 0 Å². The molecular weight excluding hydrogens is 254 g/mol. The van der Waals surface area contributed by atoms with E-state index in [4.69, 9.17) is 10.3 Å². The smallest absolute Gasteiger partial charge is 0.229 e. The SMILES string of the molecule is CC(O)(CN)Cc1nc(C(C)(C)c2ccccc2)no1. The molecule has 0 amide bonds. The Kier molecular flexibility index (Phi) is 3.92. The van der Waals surface area contributed by atoms with E-state index in [1.807, 2.05) is 44.2 Å². The van der Waals surface area contributed by atoms with Crippen LogP contribution < -0.4 is 5.73 Å². The van der Waals surface area contributed by atoms with Gasteiger partial charge in [0, 0.05) is 6.54 Å². The second kappa shape index (κ2) is 5.34. The van der Waals surface area contributed by atoms with Crippen LogP contribution >= 0.6 is 0 Å². The van der Waals surface area contributed by atoms with E-state index in [0.717, 1.165) is 5.56 Å². The second-order valence-electron chi connectivity index (χ2n) is 5.88. The first-order chi connectivity index (χ1) is 9.35. The highest BCUT2D eigenvalue weighted by molar-refractivity contribution is 5.30. The number of hydrogen-bond donors (Lipinski definition) is 2. The van der Waals surface area contributed by atoms with Crippen molar-refractivity contribution in [2.45, 2.75) is 38.2 Å². The summed E-state index contributed by atoms with van der Waals surface area (Å²) in [5.41, 5.74) is 5.23. The molecule has 0 saturated heterocycles. The molecule has 0 saturated carbocycles. The van der Waals surface area contributed by atoms with Crippen LogP contribution in [0.4, 0.5) is 0 Å². The van der Waals surface area contributed by atoms with Gasteiger partial charge < -0.3 is 15.4 Å². The number of nitrogens with zero attached hydrogens (tertiary/aromatic N) is 2. The van der Waals surface area contributed by atoms with Crippen molar-refractivity contribution in [1.29, 1.82) is 0 Å². The fourth-order valence-corrected chi connectivity index (χ4v) is 1.96. The topological polar surface area (TPSA) is 85.2 Å². The predicted molar refractivity (Wildman–Crippen MR) is 76.3 cm³/mol. The van der Waals surface area contributed by atoms with Crippen LogP contribution in [-0.4, -0.2) is 27.4 Å². The van der Waals surface area contributed by atoms with E-state index in [1.165, 1.54) is 0 Å². The molecule has 5 nitrogen and oxygen atoms in total. The monoisotopic (exact) mass is 275 g/mol. The molecular formula is C15H21N3O2. The maximum atomic E-state index is 9.95. The summed E-state index contributed by atoms with van der Waals surface area (Å²) in [6, 6.07) is 10.0. The Morgan fingerprint density at radius 2 is 1.85 bits per heavy atom. The summed E-state index contributed by atoms with van der Waals surface area (Å²) in [6.07, 6.45) is 0.251. The van der Waals surface area contributed by atoms with Crippen LogP contribution in [0, 0.1) is 0 Å². The van der Waals surface area contributed by atoms with Crippen molar-refractivity contribution in [3.05, 3.63) is 47.6 Å². The standard InChI is InChI=1S/C15H21N3O2/c1-14(2,11-7-5-4-6-8-11)13-17-12(20-18-13)9-15(3,19)10-16/h4-8,19H,9-10,16H2,1-3H3. The summed E-state index contributed by atoms with van der Waals surface area (Å²) in [7, 11) is 0. The number of rotatable bonds is 5. The van der Waals surface area contributed by atoms with Crippen molar-refractivity contribution in [2.24, 2.45) is 5.73 Å². The Labute approximate surface area is 118 Å². The first-order valence-electron chi connectivity index (χ1n) is 6.66. The minimum absolute atomic E-state index is 0.146. The summed E-state index contributed by atoms with van der Waals surface area (Å²) in [4.78, 5) is 4.40. The molecule has 0 aliphatic heterocycles. The van der Waals surface area contributed by atoms with Crippen molar-refractivity contribution in [2.75, 3.05) is 6.54 Å². The average Bonchev–Trinajstić information content (AvgIpc) is 2.88. The van der Waals surface area contributed by atoms with Crippen LogP contribution in [0.2, 0.25) is 0 Å². The fourth-order valence-electron chi connectivity index (χ4n) is 1.96. The van der Waals surface area contributed by atoms with Gasteiger partial charge in [-0.15, -0.1) is 0 Å². The van der Waals surface area contributed by atoms with E-state index in [2.05, 4.69) is 10.1 Å². The van der Waals surface area contributed by atoms with Gasteiger partial charge in [0.2, 0.25) is 5.89 Å². The predicted octanol–water partition coefficient (Wildman–Crippen LogP) is 1.65. The highest BCUT2D eigenvalue weighted by Gasteiger charge is 2.30. The van der Waals surface area contributed by atoms with Gasteiger partial charge in [0.15, 0.2) is 5.82 Å². The maximum Gasteiger partial charge on any atom is 0.229 e. The van der Waals surface area contributed by atoms with Crippen molar-refractivity contribution >= 4 is 0 Å². The highest BCUT2D eigenvalue weighted by atomic mass is 16.5. The minimum Gasteiger partial charge on any atom is -0.388 e. The molecule has 1 atom stereocenters. The van der Waals surface area contributed by atoms with Crippen molar-refractivity contribution in [1.82, 2.24) is 10.1 Å². The largest absolute Gasteiger partial charge is 0.388 e. The molecule has 0 bridgehead atoms.